The number of hydrogen-bond donors (Lipinski definition) is 0. The van der Waals surface area contributed by atoms with Gasteiger partial charge in [0.15, 0.2) is 0 Å². The van der Waals surface area contributed by atoms with Crippen molar-refractivity contribution in [2.75, 3.05) is 0 Å². The molecular weight excluding hydrogens is 557 g/mol. The molecule has 4 aromatic carbocycles. The SMILES string of the molecule is O=[N+]([O-])c1ccc([O][Pb]([c]2ccccc2)([c]2ccccc2)[c]2ccccc2)cc1. The van der Waals surface area contributed by atoms with Crippen LogP contribution in [0.5, 0.6) is 5.75 Å². The molecule has 4 aromatic rings. The van der Waals surface area contributed by atoms with Gasteiger partial charge in [-0.25, -0.2) is 0 Å². The van der Waals surface area contributed by atoms with Gasteiger partial charge in [-0.15, -0.1) is 0 Å². The maximum absolute atomic E-state index is 11.0. The number of hydrogen-bond acceptors (Lipinski definition) is 3. The van der Waals surface area contributed by atoms with Gasteiger partial charge in [0.2, 0.25) is 0 Å². The third kappa shape index (κ3) is 3.93. The fraction of sp³-hybridized carbons (Fsp3) is 0. The molecule has 5 heteroatoms. The molecule has 0 unspecified atom stereocenters. The standard InChI is InChI=1S/C6H5NO3.3C6H5.Pb/c8-6-3-1-5(2-4-6)7(9)10;3*1-2-4-6-5-3-1;/h1-4,8H;3*1-5H;/q;;;;+1/p-1. The van der Waals surface area contributed by atoms with Crippen molar-refractivity contribution >= 4 is 36.7 Å². The van der Waals surface area contributed by atoms with Gasteiger partial charge in [0.05, 0.1) is 0 Å². The van der Waals surface area contributed by atoms with Crippen molar-refractivity contribution in [1.82, 2.24) is 0 Å². The van der Waals surface area contributed by atoms with Crippen molar-refractivity contribution in [3.8, 4) is 5.75 Å². The van der Waals surface area contributed by atoms with Gasteiger partial charge < -0.3 is 0 Å². The number of nitro benzene ring substituents is 1. The summed E-state index contributed by atoms with van der Waals surface area (Å²) in [6, 6.07) is 37.4. The van der Waals surface area contributed by atoms with Crippen LogP contribution in [0.25, 0.3) is 0 Å². The number of benzene rings is 4. The first-order valence-electron chi connectivity index (χ1n) is 9.30. The van der Waals surface area contributed by atoms with Crippen molar-refractivity contribution in [3.05, 3.63) is 125 Å². The van der Waals surface area contributed by atoms with Crippen LogP contribution in [0, 0.1) is 10.1 Å². The van der Waals surface area contributed by atoms with E-state index < -0.39 is 26.5 Å². The Balaban J connectivity index is 1.93. The molecule has 0 aliphatic rings. The molecule has 29 heavy (non-hydrogen) atoms. The van der Waals surface area contributed by atoms with E-state index in [2.05, 4.69) is 36.4 Å². The van der Waals surface area contributed by atoms with Crippen LogP contribution in [-0.2, 0) is 0 Å². The van der Waals surface area contributed by atoms with Gasteiger partial charge in [-0.3, -0.25) is 0 Å². The summed E-state index contributed by atoms with van der Waals surface area (Å²) >= 11 is -4.06. The molecule has 0 radical (unpaired) electrons. The van der Waals surface area contributed by atoms with Crippen LogP contribution in [0.4, 0.5) is 5.69 Å². The Hall–Kier alpha value is -3.00. The number of nitro groups is 1. The fourth-order valence-corrected chi connectivity index (χ4v) is 18.4. The third-order valence-electron chi connectivity index (χ3n) is 4.86. The van der Waals surface area contributed by atoms with Crippen molar-refractivity contribution in [2.24, 2.45) is 0 Å². The Kier molecular flexibility index (Phi) is 5.71. The summed E-state index contributed by atoms with van der Waals surface area (Å²) in [4.78, 5) is 10.6. The van der Waals surface area contributed by atoms with Crippen LogP contribution in [0.3, 0.4) is 0 Å². The second-order valence-corrected chi connectivity index (χ2v) is 19.5. The predicted octanol–water partition coefficient (Wildman–Crippen LogP) is 3.64. The second-order valence-electron chi connectivity index (χ2n) is 6.63. The second kappa shape index (κ2) is 8.57. The Morgan fingerprint density at radius 3 is 1.31 bits per heavy atom. The van der Waals surface area contributed by atoms with Crippen LogP contribution >= 0.6 is 0 Å². The van der Waals surface area contributed by atoms with Gasteiger partial charge in [-0.05, 0) is 0 Å². The molecule has 0 spiro atoms. The van der Waals surface area contributed by atoms with Crippen LogP contribution in [0.15, 0.2) is 115 Å². The molecule has 0 saturated heterocycles. The maximum atomic E-state index is 11.0. The van der Waals surface area contributed by atoms with E-state index in [-0.39, 0.29) is 5.69 Å². The van der Waals surface area contributed by atoms with Crippen molar-refractivity contribution < 1.29 is 7.61 Å². The van der Waals surface area contributed by atoms with Gasteiger partial charge in [-0.1, -0.05) is 0 Å². The molecule has 0 bridgehead atoms. The third-order valence-corrected chi connectivity index (χ3v) is 20.3. The molecule has 4 nitrogen and oxygen atoms in total. The number of non-ortho nitro benzene ring substituents is 1. The van der Waals surface area contributed by atoms with Gasteiger partial charge >= 0.3 is 175 Å². The first-order chi connectivity index (χ1) is 14.2. The summed E-state index contributed by atoms with van der Waals surface area (Å²) in [6.07, 6.45) is 0. The fourth-order valence-electron chi connectivity index (χ4n) is 3.51. The Morgan fingerprint density at radius 2 is 0.966 bits per heavy atom. The van der Waals surface area contributed by atoms with Gasteiger partial charge in [-0.2, -0.15) is 0 Å². The molecule has 0 atom stereocenters. The van der Waals surface area contributed by atoms with Crippen molar-refractivity contribution in [3.63, 3.8) is 0 Å². The van der Waals surface area contributed by atoms with E-state index in [4.69, 9.17) is 2.69 Å². The van der Waals surface area contributed by atoms with E-state index >= 15 is 0 Å². The molecule has 0 fully saturated rings. The minimum atomic E-state index is -4.06. The van der Waals surface area contributed by atoms with E-state index in [9.17, 15) is 10.1 Å². The summed E-state index contributed by atoms with van der Waals surface area (Å²) in [5, 5.41) is 11.0. The molecule has 142 valence electrons. The summed E-state index contributed by atoms with van der Waals surface area (Å²) in [7, 11) is 0. The number of nitrogens with zero attached hydrogens (tertiary/aromatic N) is 1. The zero-order chi connectivity index (χ0) is 20.1. The van der Waals surface area contributed by atoms with Crippen LogP contribution < -0.4 is 12.1 Å². The summed E-state index contributed by atoms with van der Waals surface area (Å²) in [5.41, 5.74) is 0.0544. The molecule has 4 rings (SSSR count). The molecular formula is C24H19NO3Pb. The van der Waals surface area contributed by atoms with Gasteiger partial charge in [0.25, 0.3) is 0 Å². The molecule has 0 amide bonds. The van der Waals surface area contributed by atoms with Crippen LogP contribution in [0.1, 0.15) is 0 Å². The van der Waals surface area contributed by atoms with E-state index in [0.717, 1.165) is 0 Å². The summed E-state index contributed by atoms with van der Waals surface area (Å²) in [6.45, 7) is 0. The minimum absolute atomic E-state index is 0.0544. The molecule has 0 aromatic heterocycles. The molecule has 0 heterocycles. The topological polar surface area (TPSA) is 52.4 Å². The van der Waals surface area contributed by atoms with E-state index in [1.54, 1.807) is 12.1 Å². The zero-order valence-electron chi connectivity index (χ0n) is 15.6. The quantitative estimate of drug-likeness (QED) is 0.200. The van der Waals surface area contributed by atoms with Crippen molar-refractivity contribution in [1.29, 1.82) is 0 Å². The summed E-state index contributed by atoms with van der Waals surface area (Å²) in [5.74, 6) is 0.647. The number of rotatable bonds is 6. The van der Waals surface area contributed by atoms with Crippen molar-refractivity contribution in [2.45, 2.75) is 0 Å². The molecule has 0 N–H and O–H groups in total. The first kappa shape index (κ1) is 19.3. The van der Waals surface area contributed by atoms with Crippen LogP contribution in [-0.4, -0.2) is 26.5 Å². The monoisotopic (exact) mass is 577 g/mol. The molecule has 0 saturated carbocycles. The first-order valence-corrected chi connectivity index (χ1v) is 16.7. The molecule has 0 aliphatic carbocycles. The Labute approximate surface area is 174 Å². The van der Waals surface area contributed by atoms with Gasteiger partial charge in [0, 0.05) is 0 Å². The average Bonchev–Trinajstić information content (AvgIpc) is 2.79. The average molecular weight is 577 g/mol. The normalized spacial score (nSPS) is 11.0. The predicted molar refractivity (Wildman–Crippen MR) is 118 cm³/mol. The molecule has 0 aliphatic heterocycles. The summed E-state index contributed by atoms with van der Waals surface area (Å²) < 4.78 is 10.5. The van der Waals surface area contributed by atoms with Gasteiger partial charge in [0.1, 0.15) is 0 Å². The van der Waals surface area contributed by atoms with Crippen LogP contribution in [0.2, 0.25) is 0 Å². The van der Waals surface area contributed by atoms with E-state index in [1.165, 1.54) is 21.5 Å². The Bertz CT molecular complexity index is 989. The van der Waals surface area contributed by atoms with E-state index in [1.807, 2.05) is 54.6 Å². The zero-order valence-corrected chi connectivity index (χ0v) is 19.5. The Morgan fingerprint density at radius 1 is 0.586 bits per heavy atom. The van der Waals surface area contributed by atoms with E-state index in [0.29, 0.717) is 5.75 Å².